The van der Waals surface area contributed by atoms with Crippen molar-refractivity contribution >= 4 is 23.5 Å². The van der Waals surface area contributed by atoms with Crippen LogP contribution < -0.4 is 16.4 Å². The van der Waals surface area contributed by atoms with Crippen molar-refractivity contribution in [3.63, 3.8) is 0 Å². The van der Waals surface area contributed by atoms with Crippen LogP contribution in [0.1, 0.15) is 59.4 Å². The fourth-order valence-electron chi connectivity index (χ4n) is 3.84. The number of Topliss-reactive ketones (excluding diaryl/α,β-unsaturated/α-hetero) is 1. The number of benzene rings is 1. The summed E-state index contributed by atoms with van der Waals surface area (Å²) in [6.07, 6.45) is 1.46. The van der Waals surface area contributed by atoms with Crippen molar-refractivity contribution in [1.29, 1.82) is 0 Å². The molecule has 1 aliphatic carbocycles. The molecule has 1 amide bonds. The molecule has 5 N–H and O–H groups in total. The number of ether oxygens (including phenoxy) is 1. The van der Waals surface area contributed by atoms with Gasteiger partial charge in [-0.1, -0.05) is 44.2 Å². The molecule has 0 unspecified atom stereocenters. The van der Waals surface area contributed by atoms with Gasteiger partial charge in [-0.25, -0.2) is 4.79 Å². The molecule has 9 heteroatoms. The molecular formula is C27H41N5O4. The first-order chi connectivity index (χ1) is 16.9. The molecule has 0 aliphatic heterocycles. The van der Waals surface area contributed by atoms with Crippen LogP contribution in [0, 0.1) is 5.41 Å². The lowest BCUT2D eigenvalue weighted by molar-refractivity contribution is -0.118. The third-order valence-electron chi connectivity index (χ3n) is 5.36. The zero-order chi connectivity index (χ0) is 26.8. The van der Waals surface area contributed by atoms with E-state index in [0.29, 0.717) is 63.1 Å². The number of amides is 1. The Kier molecular flexibility index (Phi) is 10.5. The molecule has 2 rings (SSSR count). The SMILES string of the molecule is CC1(C)CC(=O)C(C(Cc2ccccc2)=NCCCN=C(N)NCCNC(=O)OC(C)(C)C)=C(O)C1. The molecule has 36 heavy (non-hydrogen) atoms. The number of nitrogens with two attached hydrogens (primary N) is 1. The largest absolute Gasteiger partial charge is 0.511 e. The number of ketones is 1. The predicted octanol–water partition coefficient (Wildman–Crippen LogP) is 3.69. The summed E-state index contributed by atoms with van der Waals surface area (Å²) < 4.78 is 5.17. The average Bonchev–Trinajstić information content (AvgIpc) is 2.74. The van der Waals surface area contributed by atoms with Crippen LogP contribution in [0.4, 0.5) is 4.79 Å². The number of hydrogen-bond donors (Lipinski definition) is 4. The summed E-state index contributed by atoms with van der Waals surface area (Å²) in [6, 6.07) is 9.80. The number of nitrogens with zero attached hydrogens (tertiary/aromatic N) is 2. The van der Waals surface area contributed by atoms with Crippen LogP contribution in [-0.2, 0) is 16.0 Å². The average molecular weight is 500 g/mol. The number of guanidine groups is 1. The van der Waals surface area contributed by atoms with Crippen molar-refractivity contribution in [2.24, 2.45) is 21.1 Å². The highest BCUT2D eigenvalue weighted by molar-refractivity contribution is 6.23. The van der Waals surface area contributed by atoms with Gasteiger partial charge in [0, 0.05) is 45.4 Å². The molecule has 9 nitrogen and oxygen atoms in total. The Morgan fingerprint density at radius 3 is 2.36 bits per heavy atom. The Morgan fingerprint density at radius 2 is 1.72 bits per heavy atom. The standard InChI is InChI=1S/C27H41N5O4/c1-26(2,3)36-25(35)32-15-14-31-24(28)30-13-9-12-29-20(16-19-10-7-6-8-11-19)23-21(33)17-27(4,5)18-22(23)34/h6-8,10-11,33H,9,12-18H2,1-5H3,(H,32,35)(H3,28,30,31). The molecule has 0 radical (unpaired) electrons. The van der Waals surface area contributed by atoms with Crippen LogP contribution in [-0.4, -0.2) is 60.4 Å². The van der Waals surface area contributed by atoms with Gasteiger partial charge in [-0.2, -0.15) is 0 Å². The summed E-state index contributed by atoms with van der Waals surface area (Å²) in [4.78, 5) is 33.5. The number of nitrogens with one attached hydrogen (secondary N) is 2. The molecule has 0 atom stereocenters. The molecule has 0 aromatic heterocycles. The van der Waals surface area contributed by atoms with Gasteiger partial charge in [-0.05, 0) is 38.2 Å². The van der Waals surface area contributed by atoms with Gasteiger partial charge in [0.25, 0.3) is 0 Å². The molecule has 1 aromatic carbocycles. The van der Waals surface area contributed by atoms with E-state index in [1.54, 1.807) is 20.8 Å². The van der Waals surface area contributed by atoms with E-state index >= 15 is 0 Å². The maximum Gasteiger partial charge on any atom is 0.407 e. The summed E-state index contributed by atoms with van der Waals surface area (Å²) in [5.41, 5.74) is 7.09. The lowest BCUT2D eigenvalue weighted by Gasteiger charge is -2.30. The van der Waals surface area contributed by atoms with E-state index in [4.69, 9.17) is 15.5 Å². The minimum absolute atomic E-state index is 0.0649. The van der Waals surface area contributed by atoms with Crippen LogP contribution in [0.3, 0.4) is 0 Å². The maximum absolute atomic E-state index is 12.9. The number of aliphatic hydroxyl groups excluding tert-OH is 1. The van der Waals surface area contributed by atoms with Gasteiger partial charge in [0.2, 0.25) is 0 Å². The van der Waals surface area contributed by atoms with Crippen LogP contribution in [0.25, 0.3) is 0 Å². The van der Waals surface area contributed by atoms with Gasteiger partial charge in [0.05, 0.1) is 11.3 Å². The highest BCUT2D eigenvalue weighted by atomic mass is 16.6. The number of aliphatic imine (C=N–C) groups is 2. The summed E-state index contributed by atoms with van der Waals surface area (Å²) >= 11 is 0. The number of carbonyl (C=O) groups is 2. The first kappa shape index (κ1) is 28.9. The smallest absolute Gasteiger partial charge is 0.407 e. The summed E-state index contributed by atoms with van der Waals surface area (Å²) in [5, 5.41) is 16.3. The molecule has 1 aromatic rings. The molecule has 0 heterocycles. The van der Waals surface area contributed by atoms with E-state index in [-0.39, 0.29) is 22.9 Å². The third-order valence-corrected chi connectivity index (χ3v) is 5.36. The topological polar surface area (TPSA) is 138 Å². The zero-order valence-corrected chi connectivity index (χ0v) is 22.2. The van der Waals surface area contributed by atoms with Gasteiger partial charge < -0.3 is 26.2 Å². The Hall–Kier alpha value is -3.36. The lowest BCUT2D eigenvalue weighted by atomic mass is 9.75. The summed E-state index contributed by atoms with van der Waals surface area (Å²) in [6.45, 7) is 11.0. The fraction of sp³-hybridized carbons (Fsp3) is 0.556. The third kappa shape index (κ3) is 10.5. The highest BCUT2D eigenvalue weighted by Crippen LogP contribution is 2.36. The van der Waals surface area contributed by atoms with Crippen LogP contribution in [0.15, 0.2) is 51.6 Å². The van der Waals surface area contributed by atoms with Crippen molar-refractivity contribution in [3.05, 3.63) is 47.2 Å². The molecular weight excluding hydrogens is 458 g/mol. The van der Waals surface area contributed by atoms with Crippen molar-refractivity contribution in [2.75, 3.05) is 26.2 Å². The summed E-state index contributed by atoms with van der Waals surface area (Å²) in [7, 11) is 0. The minimum Gasteiger partial charge on any atom is -0.511 e. The van der Waals surface area contributed by atoms with E-state index in [2.05, 4.69) is 15.6 Å². The second-order valence-electron chi connectivity index (χ2n) is 10.7. The molecule has 198 valence electrons. The second kappa shape index (κ2) is 13.1. The quantitative estimate of drug-likeness (QED) is 0.220. The first-order valence-corrected chi connectivity index (χ1v) is 12.4. The van der Waals surface area contributed by atoms with E-state index in [1.165, 1.54) is 0 Å². The van der Waals surface area contributed by atoms with Crippen molar-refractivity contribution in [3.8, 4) is 0 Å². The van der Waals surface area contributed by atoms with Crippen LogP contribution in [0.2, 0.25) is 0 Å². The van der Waals surface area contributed by atoms with Crippen molar-refractivity contribution < 1.29 is 19.4 Å². The Bertz CT molecular complexity index is 991. The zero-order valence-electron chi connectivity index (χ0n) is 22.2. The number of aliphatic hydroxyl groups is 1. The fourth-order valence-corrected chi connectivity index (χ4v) is 3.84. The number of hydrogen-bond acceptors (Lipinski definition) is 6. The predicted molar refractivity (Wildman–Crippen MR) is 143 cm³/mol. The number of carbonyl (C=O) groups excluding carboxylic acids is 2. The van der Waals surface area contributed by atoms with E-state index in [9.17, 15) is 14.7 Å². The normalized spacial score (nSPS) is 16.6. The van der Waals surface area contributed by atoms with Crippen LogP contribution in [0.5, 0.6) is 0 Å². The Labute approximate surface area is 214 Å². The van der Waals surface area contributed by atoms with E-state index in [0.717, 1.165) is 5.56 Å². The molecule has 0 spiro atoms. The second-order valence-corrected chi connectivity index (χ2v) is 10.7. The molecule has 1 aliphatic rings. The van der Waals surface area contributed by atoms with Crippen molar-refractivity contribution in [2.45, 2.75) is 65.9 Å². The maximum atomic E-state index is 12.9. The van der Waals surface area contributed by atoms with Crippen LogP contribution >= 0.6 is 0 Å². The minimum atomic E-state index is -0.544. The van der Waals surface area contributed by atoms with Crippen molar-refractivity contribution in [1.82, 2.24) is 10.6 Å². The molecule has 0 saturated carbocycles. The first-order valence-electron chi connectivity index (χ1n) is 12.4. The Balaban J connectivity index is 1.90. The number of allylic oxidation sites excluding steroid dienone is 2. The summed E-state index contributed by atoms with van der Waals surface area (Å²) in [5.74, 6) is 0.335. The monoisotopic (exact) mass is 499 g/mol. The van der Waals surface area contributed by atoms with E-state index < -0.39 is 11.7 Å². The lowest BCUT2D eigenvalue weighted by Crippen LogP contribution is -2.40. The van der Waals surface area contributed by atoms with Gasteiger partial charge in [0.1, 0.15) is 11.4 Å². The molecule has 0 saturated heterocycles. The van der Waals surface area contributed by atoms with Gasteiger partial charge in [-0.15, -0.1) is 0 Å². The van der Waals surface area contributed by atoms with Gasteiger partial charge in [-0.3, -0.25) is 14.8 Å². The van der Waals surface area contributed by atoms with E-state index in [1.807, 2.05) is 44.2 Å². The molecule has 0 fully saturated rings. The number of rotatable bonds is 10. The molecule has 0 bridgehead atoms. The van der Waals surface area contributed by atoms with Gasteiger partial charge >= 0.3 is 6.09 Å². The highest BCUT2D eigenvalue weighted by Gasteiger charge is 2.35. The van der Waals surface area contributed by atoms with Gasteiger partial charge in [0.15, 0.2) is 11.7 Å². The Morgan fingerprint density at radius 1 is 1.08 bits per heavy atom. The number of alkyl carbamates (subject to hydrolysis) is 1.